The molecule has 0 fully saturated rings. The van der Waals surface area contributed by atoms with E-state index in [9.17, 15) is 8.42 Å². The number of aryl methyl sites for hydroxylation is 2. The maximum absolute atomic E-state index is 12.3. The number of benzene rings is 1. The summed E-state index contributed by atoms with van der Waals surface area (Å²) in [4.78, 5) is 2.51. The van der Waals surface area contributed by atoms with Crippen LogP contribution in [0, 0.1) is 13.8 Å². The zero-order chi connectivity index (χ0) is 13.5. The summed E-state index contributed by atoms with van der Waals surface area (Å²) in [6.07, 6.45) is 0.697. The van der Waals surface area contributed by atoms with E-state index < -0.39 is 9.84 Å². The third kappa shape index (κ3) is 2.12. The lowest BCUT2D eigenvalue weighted by molar-refractivity contribution is 0.560. The first-order valence-electron chi connectivity index (χ1n) is 6.13. The first-order chi connectivity index (χ1) is 8.36. The van der Waals surface area contributed by atoms with Gasteiger partial charge in [-0.2, -0.15) is 0 Å². The number of sulfone groups is 1. The minimum absolute atomic E-state index is 0.0189. The van der Waals surface area contributed by atoms with E-state index in [0.717, 1.165) is 16.8 Å². The SMILES string of the molecule is Cc1cc2c(cc1C)S(=O)(=O)CC(CCN)N2C. The topological polar surface area (TPSA) is 63.4 Å². The second kappa shape index (κ2) is 4.55. The molecule has 18 heavy (non-hydrogen) atoms. The maximum Gasteiger partial charge on any atom is 0.182 e. The van der Waals surface area contributed by atoms with Crippen LogP contribution in [0.3, 0.4) is 0 Å². The van der Waals surface area contributed by atoms with Crippen LogP contribution in [0.2, 0.25) is 0 Å². The van der Waals surface area contributed by atoms with Gasteiger partial charge in [0.05, 0.1) is 16.3 Å². The Kier molecular flexibility index (Phi) is 3.38. The van der Waals surface area contributed by atoms with Crippen molar-refractivity contribution in [1.82, 2.24) is 0 Å². The molecular weight excluding hydrogens is 248 g/mol. The zero-order valence-corrected chi connectivity index (χ0v) is 11.9. The molecular formula is C13H20N2O2S. The van der Waals surface area contributed by atoms with Gasteiger partial charge in [0, 0.05) is 13.1 Å². The van der Waals surface area contributed by atoms with E-state index in [2.05, 4.69) is 4.90 Å². The summed E-state index contributed by atoms with van der Waals surface area (Å²) in [6, 6.07) is 3.73. The van der Waals surface area contributed by atoms with Crippen molar-refractivity contribution < 1.29 is 8.42 Å². The van der Waals surface area contributed by atoms with Crippen LogP contribution in [0.1, 0.15) is 17.5 Å². The number of anilines is 1. The van der Waals surface area contributed by atoms with Crippen LogP contribution in [0.25, 0.3) is 0 Å². The highest BCUT2D eigenvalue weighted by molar-refractivity contribution is 7.91. The van der Waals surface area contributed by atoms with Gasteiger partial charge in [0.2, 0.25) is 0 Å². The Balaban J connectivity index is 2.59. The summed E-state index contributed by atoms with van der Waals surface area (Å²) in [7, 11) is -1.24. The molecule has 100 valence electrons. The average molecular weight is 268 g/mol. The van der Waals surface area contributed by atoms with Gasteiger partial charge in [-0.15, -0.1) is 0 Å². The van der Waals surface area contributed by atoms with E-state index in [4.69, 9.17) is 5.73 Å². The molecule has 1 unspecified atom stereocenters. The molecule has 0 amide bonds. The molecule has 0 aliphatic carbocycles. The number of nitrogens with two attached hydrogens (primary N) is 1. The van der Waals surface area contributed by atoms with Crippen LogP contribution in [0.5, 0.6) is 0 Å². The van der Waals surface area contributed by atoms with Crippen LogP contribution in [0.15, 0.2) is 17.0 Å². The van der Waals surface area contributed by atoms with Crippen molar-refractivity contribution in [3.8, 4) is 0 Å². The number of hydrogen-bond acceptors (Lipinski definition) is 4. The van der Waals surface area contributed by atoms with Crippen molar-refractivity contribution in [1.29, 1.82) is 0 Å². The van der Waals surface area contributed by atoms with Crippen LogP contribution < -0.4 is 10.6 Å². The molecule has 1 heterocycles. The van der Waals surface area contributed by atoms with Crippen LogP contribution in [-0.4, -0.2) is 33.8 Å². The maximum atomic E-state index is 12.3. The second-order valence-corrected chi connectivity index (χ2v) is 7.03. The van der Waals surface area contributed by atoms with Gasteiger partial charge in [-0.3, -0.25) is 0 Å². The standard InChI is InChI=1S/C13H20N2O2S/c1-9-6-12-13(7-10(9)2)18(16,17)8-11(4-5-14)15(12)3/h6-7,11H,4-5,8,14H2,1-3H3. The third-order valence-electron chi connectivity index (χ3n) is 3.75. The Morgan fingerprint density at radius 1 is 1.33 bits per heavy atom. The summed E-state index contributed by atoms with van der Waals surface area (Å²) in [6.45, 7) is 4.45. The minimum atomic E-state index is -3.18. The van der Waals surface area contributed by atoms with Crippen molar-refractivity contribution in [2.45, 2.75) is 31.2 Å². The minimum Gasteiger partial charge on any atom is -0.369 e. The first kappa shape index (κ1) is 13.4. The van der Waals surface area contributed by atoms with Gasteiger partial charge in [-0.25, -0.2) is 8.42 Å². The van der Waals surface area contributed by atoms with E-state index in [1.54, 1.807) is 6.07 Å². The average Bonchev–Trinajstić information content (AvgIpc) is 2.28. The molecule has 5 heteroatoms. The Morgan fingerprint density at radius 3 is 2.56 bits per heavy atom. The van der Waals surface area contributed by atoms with Gasteiger partial charge in [0.1, 0.15) is 0 Å². The number of hydrogen-bond donors (Lipinski definition) is 1. The smallest absolute Gasteiger partial charge is 0.182 e. The van der Waals surface area contributed by atoms with E-state index >= 15 is 0 Å². The molecule has 2 N–H and O–H groups in total. The monoisotopic (exact) mass is 268 g/mol. The van der Waals surface area contributed by atoms with Crippen LogP contribution in [-0.2, 0) is 9.84 Å². The molecule has 2 rings (SSSR count). The Bertz CT molecular complexity index is 567. The summed E-state index contributed by atoms with van der Waals surface area (Å²) in [5, 5.41) is 0. The molecule has 0 radical (unpaired) electrons. The normalized spacial score (nSPS) is 21.8. The summed E-state index contributed by atoms with van der Waals surface area (Å²) >= 11 is 0. The van der Waals surface area contributed by atoms with Crippen LogP contribution >= 0.6 is 0 Å². The van der Waals surface area contributed by atoms with E-state index in [1.165, 1.54) is 0 Å². The summed E-state index contributed by atoms with van der Waals surface area (Å²) in [5.41, 5.74) is 8.50. The molecule has 0 saturated heterocycles. The molecule has 1 atom stereocenters. The summed E-state index contributed by atoms with van der Waals surface area (Å²) in [5.74, 6) is 0.163. The fourth-order valence-corrected chi connectivity index (χ4v) is 4.37. The quantitative estimate of drug-likeness (QED) is 0.876. The molecule has 0 saturated carbocycles. The lowest BCUT2D eigenvalue weighted by Gasteiger charge is -2.36. The fourth-order valence-electron chi connectivity index (χ4n) is 2.42. The second-order valence-electron chi connectivity index (χ2n) is 5.03. The Morgan fingerprint density at radius 2 is 1.94 bits per heavy atom. The molecule has 0 spiro atoms. The summed E-state index contributed by atoms with van der Waals surface area (Å²) < 4.78 is 24.6. The van der Waals surface area contributed by atoms with Crippen molar-refractivity contribution in [2.24, 2.45) is 5.73 Å². The number of nitrogens with zero attached hydrogens (tertiary/aromatic N) is 1. The lowest BCUT2D eigenvalue weighted by Crippen LogP contribution is -2.43. The van der Waals surface area contributed by atoms with E-state index in [0.29, 0.717) is 17.9 Å². The van der Waals surface area contributed by atoms with Crippen molar-refractivity contribution in [3.05, 3.63) is 23.3 Å². The molecule has 1 aromatic rings. The predicted molar refractivity (Wildman–Crippen MR) is 73.8 cm³/mol. The lowest BCUT2D eigenvalue weighted by atomic mass is 10.1. The molecule has 1 aromatic carbocycles. The van der Waals surface area contributed by atoms with Gasteiger partial charge >= 0.3 is 0 Å². The Labute approximate surface area is 109 Å². The molecule has 1 aliphatic rings. The number of fused-ring (bicyclic) bond motifs is 1. The zero-order valence-electron chi connectivity index (χ0n) is 11.1. The first-order valence-corrected chi connectivity index (χ1v) is 7.79. The van der Waals surface area contributed by atoms with Crippen molar-refractivity contribution >= 4 is 15.5 Å². The molecule has 4 nitrogen and oxygen atoms in total. The highest BCUT2D eigenvalue weighted by atomic mass is 32.2. The van der Waals surface area contributed by atoms with Gasteiger partial charge < -0.3 is 10.6 Å². The van der Waals surface area contributed by atoms with Gasteiger partial charge in [0.15, 0.2) is 9.84 Å². The Hall–Kier alpha value is -1.07. The van der Waals surface area contributed by atoms with Crippen molar-refractivity contribution in [2.75, 3.05) is 24.2 Å². The highest BCUT2D eigenvalue weighted by Gasteiger charge is 2.33. The van der Waals surface area contributed by atoms with Gasteiger partial charge in [-0.1, -0.05) is 0 Å². The van der Waals surface area contributed by atoms with Gasteiger partial charge in [-0.05, 0) is 50.1 Å². The molecule has 0 bridgehead atoms. The van der Waals surface area contributed by atoms with E-state index in [1.807, 2.05) is 27.0 Å². The number of rotatable bonds is 2. The fraction of sp³-hybridized carbons (Fsp3) is 0.538. The van der Waals surface area contributed by atoms with E-state index in [-0.39, 0.29) is 11.8 Å². The van der Waals surface area contributed by atoms with Gasteiger partial charge in [0.25, 0.3) is 0 Å². The van der Waals surface area contributed by atoms with Crippen LogP contribution in [0.4, 0.5) is 5.69 Å². The highest BCUT2D eigenvalue weighted by Crippen LogP contribution is 2.35. The predicted octanol–water partition coefficient (Wildman–Crippen LogP) is 1.24. The molecule has 0 aromatic heterocycles. The largest absolute Gasteiger partial charge is 0.369 e. The third-order valence-corrected chi connectivity index (χ3v) is 5.57. The molecule has 1 aliphatic heterocycles. The van der Waals surface area contributed by atoms with Crippen molar-refractivity contribution in [3.63, 3.8) is 0 Å².